The maximum Gasteiger partial charge on any atom is 0.213 e. The van der Waals surface area contributed by atoms with Crippen molar-refractivity contribution in [3.05, 3.63) is 206 Å². The van der Waals surface area contributed by atoms with E-state index in [0.717, 1.165) is 61.5 Å². The highest BCUT2D eigenvalue weighted by Gasteiger charge is 2.23. The average Bonchev–Trinajstić information content (AvgIpc) is 3.96. The van der Waals surface area contributed by atoms with Gasteiger partial charge in [-0.2, -0.15) is 0 Å². The molecule has 0 aliphatic heterocycles. The van der Waals surface area contributed by atoms with E-state index in [1.807, 2.05) is 11.3 Å². The second kappa shape index (κ2) is 13.1. The van der Waals surface area contributed by atoms with Crippen molar-refractivity contribution in [1.82, 2.24) is 4.57 Å². The first-order valence-corrected chi connectivity index (χ1v) is 20.5. The largest absolute Gasteiger partial charge is 0.439 e. The molecule has 0 saturated heterocycles. The van der Waals surface area contributed by atoms with Gasteiger partial charge in [-0.15, -0.1) is 11.3 Å². The second-order valence-electron chi connectivity index (χ2n) is 14.9. The van der Waals surface area contributed by atoms with Crippen LogP contribution in [0.2, 0.25) is 0 Å². The van der Waals surface area contributed by atoms with E-state index in [4.69, 9.17) is 4.42 Å². The quantitative estimate of drug-likeness (QED) is 0.168. The summed E-state index contributed by atoms with van der Waals surface area (Å²) >= 11 is 1.86. The van der Waals surface area contributed by atoms with Crippen LogP contribution < -0.4 is 4.90 Å². The monoisotopic (exact) mass is 758 g/mol. The van der Waals surface area contributed by atoms with Crippen molar-refractivity contribution >= 4 is 92.3 Å². The summed E-state index contributed by atoms with van der Waals surface area (Å²) in [5, 5.41) is 8.51. The molecule has 3 heterocycles. The summed E-state index contributed by atoms with van der Waals surface area (Å²) in [6.45, 7) is 0. The molecule has 0 fully saturated rings. The molecule has 0 spiro atoms. The normalized spacial score (nSPS) is 11.8. The van der Waals surface area contributed by atoms with E-state index < -0.39 is 0 Å². The lowest BCUT2D eigenvalue weighted by Crippen LogP contribution is -2.10. The molecule has 0 amide bonds. The summed E-state index contributed by atoms with van der Waals surface area (Å²) in [6.07, 6.45) is 0. The number of benzene rings is 9. The Morgan fingerprint density at radius 1 is 0.448 bits per heavy atom. The molecule has 0 radical (unpaired) electrons. The zero-order chi connectivity index (χ0) is 38.2. The third kappa shape index (κ3) is 5.12. The summed E-state index contributed by atoms with van der Waals surface area (Å²) in [5.74, 6) is 0. The fraction of sp³-hybridized carbons (Fsp3) is 0. The summed E-state index contributed by atoms with van der Waals surface area (Å²) in [6, 6.07) is 74.3. The first-order chi connectivity index (χ1) is 28.8. The SMILES string of the molecule is c1ccc(-n2c3ccccc3c3c4c(-c5ccc(N(c6ccc(-c7ccc8ccccc8c7)cc6)c6cccc7c6sc6ccccc67)cc5)cccc4oc32)cc1. The highest BCUT2D eigenvalue weighted by molar-refractivity contribution is 7.26. The lowest BCUT2D eigenvalue weighted by Gasteiger charge is -2.26. The third-order valence-electron chi connectivity index (χ3n) is 11.6. The van der Waals surface area contributed by atoms with Gasteiger partial charge in [0, 0.05) is 43.3 Å². The Morgan fingerprint density at radius 3 is 1.93 bits per heavy atom. The van der Waals surface area contributed by atoms with Gasteiger partial charge >= 0.3 is 0 Å². The summed E-state index contributed by atoms with van der Waals surface area (Å²) < 4.78 is 11.6. The molecule has 12 rings (SSSR count). The van der Waals surface area contributed by atoms with Crippen molar-refractivity contribution in [2.75, 3.05) is 4.90 Å². The molecule has 0 saturated carbocycles. The van der Waals surface area contributed by atoms with Gasteiger partial charge in [0.15, 0.2) is 0 Å². The Hall–Kier alpha value is -7.40. The number of furan rings is 1. The first-order valence-electron chi connectivity index (χ1n) is 19.7. The highest BCUT2D eigenvalue weighted by Crippen LogP contribution is 2.47. The van der Waals surface area contributed by atoms with E-state index in [1.54, 1.807) is 0 Å². The average molecular weight is 759 g/mol. The molecular weight excluding hydrogens is 725 g/mol. The smallest absolute Gasteiger partial charge is 0.213 e. The molecule has 3 aromatic heterocycles. The van der Waals surface area contributed by atoms with Gasteiger partial charge in [-0.3, -0.25) is 4.57 Å². The van der Waals surface area contributed by atoms with Crippen LogP contribution >= 0.6 is 11.3 Å². The number of nitrogens with zero attached hydrogens (tertiary/aromatic N) is 2. The number of hydrogen-bond acceptors (Lipinski definition) is 3. The van der Waals surface area contributed by atoms with Gasteiger partial charge < -0.3 is 9.32 Å². The van der Waals surface area contributed by atoms with E-state index in [1.165, 1.54) is 47.5 Å². The molecule has 0 atom stereocenters. The van der Waals surface area contributed by atoms with E-state index in [0.29, 0.717) is 0 Å². The molecule has 272 valence electrons. The minimum absolute atomic E-state index is 0.862. The second-order valence-corrected chi connectivity index (χ2v) is 15.9. The van der Waals surface area contributed by atoms with Gasteiger partial charge in [0.2, 0.25) is 5.71 Å². The lowest BCUT2D eigenvalue weighted by molar-refractivity contribution is 0.645. The molecule has 12 aromatic rings. The zero-order valence-electron chi connectivity index (χ0n) is 31.3. The van der Waals surface area contributed by atoms with Crippen molar-refractivity contribution in [3.8, 4) is 27.9 Å². The van der Waals surface area contributed by atoms with Gasteiger partial charge in [0.25, 0.3) is 0 Å². The molecule has 3 nitrogen and oxygen atoms in total. The predicted octanol–water partition coefficient (Wildman–Crippen LogP) is 15.9. The molecule has 0 N–H and O–H groups in total. The summed E-state index contributed by atoms with van der Waals surface area (Å²) in [5.41, 5.74) is 12.0. The minimum atomic E-state index is 0.862. The van der Waals surface area contributed by atoms with Crippen LogP contribution in [0.4, 0.5) is 17.1 Å². The highest BCUT2D eigenvalue weighted by atomic mass is 32.1. The van der Waals surface area contributed by atoms with Gasteiger partial charge in [0.05, 0.1) is 21.3 Å². The van der Waals surface area contributed by atoms with Crippen molar-refractivity contribution in [2.24, 2.45) is 0 Å². The number of rotatable bonds is 6. The molecule has 4 heteroatoms. The maximum atomic E-state index is 6.75. The fourth-order valence-corrected chi connectivity index (χ4v) is 10.1. The molecular formula is C54H34N2OS. The standard InChI is InChI=1S/C54H34N2OS/c1-2-14-40(15-3-1)56-47-20-8-6-17-46(47)52-51-43(18-11-22-49(51)57-54(52)56)37-28-32-42(33-29-37)55(48-21-10-19-45-44-16-7-9-23-50(44)58-53(45)48)41-30-26-36(27-31-41)39-25-24-35-12-4-5-13-38(35)34-39/h1-34H. The maximum absolute atomic E-state index is 6.75. The van der Waals surface area contributed by atoms with Crippen LogP contribution in [0.1, 0.15) is 0 Å². The summed E-state index contributed by atoms with van der Waals surface area (Å²) in [7, 11) is 0. The lowest BCUT2D eigenvalue weighted by atomic mass is 9.98. The van der Waals surface area contributed by atoms with E-state index in [2.05, 4.69) is 216 Å². The number of aromatic nitrogens is 1. The van der Waals surface area contributed by atoms with Crippen molar-refractivity contribution in [2.45, 2.75) is 0 Å². The molecule has 0 unspecified atom stereocenters. The number of thiophene rings is 1. The number of hydrogen-bond donors (Lipinski definition) is 0. The Morgan fingerprint density at radius 2 is 1.10 bits per heavy atom. The van der Waals surface area contributed by atoms with Gasteiger partial charge in [-0.05, 0) is 99.8 Å². The van der Waals surface area contributed by atoms with Crippen LogP contribution in [0.3, 0.4) is 0 Å². The molecule has 0 bridgehead atoms. The topological polar surface area (TPSA) is 21.3 Å². The van der Waals surface area contributed by atoms with Crippen LogP contribution in [0.5, 0.6) is 0 Å². The zero-order valence-corrected chi connectivity index (χ0v) is 32.2. The van der Waals surface area contributed by atoms with Crippen LogP contribution in [0, 0.1) is 0 Å². The number of fused-ring (bicyclic) bond motifs is 9. The fourth-order valence-electron chi connectivity index (χ4n) is 8.90. The van der Waals surface area contributed by atoms with E-state index in [-0.39, 0.29) is 0 Å². The Balaban J connectivity index is 1.01. The van der Waals surface area contributed by atoms with Crippen LogP contribution in [0.15, 0.2) is 211 Å². The van der Waals surface area contributed by atoms with Crippen LogP contribution in [0.25, 0.3) is 91.9 Å². The number of para-hydroxylation sites is 2. The van der Waals surface area contributed by atoms with Crippen molar-refractivity contribution < 1.29 is 4.42 Å². The van der Waals surface area contributed by atoms with Crippen molar-refractivity contribution in [1.29, 1.82) is 0 Å². The Kier molecular flexibility index (Phi) is 7.40. The molecule has 9 aromatic carbocycles. The van der Waals surface area contributed by atoms with Crippen LogP contribution in [-0.4, -0.2) is 4.57 Å². The van der Waals surface area contributed by atoms with Crippen molar-refractivity contribution in [3.63, 3.8) is 0 Å². The number of anilines is 3. The predicted molar refractivity (Wildman–Crippen MR) is 247 cm³/mol. The van der Waals surface area contributed by atoms with Crippen LogP contribution in [-0.2, 0) is 0 Å². The van der Waals surface area contributed by atoms with Gasteiger partial charge in [-0.25, -0.2) is 0 Å². The van der Waals surface area contributed by atoms with E-state index >= 15 is 0 Å². The first kappa shape index (κ1) is 32.8. The Bertz CT molecular complexity index is 3500. The minimum Gasteiger partial charge on any atom is -0.439 e. The van der Waals surface area contributed by atoms with Gasteiger partial charge in [-0.1, -0.05) is 140 Å². The summed E-state index contributed by atoms with van der Waals surface area (Å²) in [4.78, 5) is 2.41. The van der Waals surface area contributed by atoms with E-state index in [9.17, 15) is 0 Å². The molecule has 0 aliphatic carbocycles. The third-order valence-corrected chi connectivity index (χ3v) is 12.8. The molecule has 0 aliphatic rings. The Labute approximate surface area is 338 Å². The van der Waals surface area contributed by atoms with Gasteiger partial charge in [0.1, 0.15) is 5.58 Å². The molecule has 58 heavy (non-hydrogen) atoms.